The number of benzene rings is 1. The van der Waals surface area contributed by atoms with Gasteiger partial charge in [0.1, 0.15) is 0 Å². The lowest BCUT2D eigenvalue weighted by Gasteiger charge is -2.08. The highest BCUT2D eigenvalue weighted by Crippen LogP contribution is 2.31. The Labute approximate surface area is 106 Å². The molecule has 0 bridgehead atoms. The van der Waals surface area contributed by atoms with E-state index in [1.165, 1.54) is 0 Å². The van der Waals surface area contributed by atoms with Crippen LogP contribution >= 0.6 is 15.9 Å². The van der Waals surface area contributed by atoms with Crippen LogP contribution in [0.5, 0.6) is 11.5 Å². The molecule has 1 aromatic carbocycles. The van der Waals surface area contributed by atoms with E-state index >= 15 is 0 Å². The molecule has 0 aliphatic rings. The summed E-state index contributed by atoms with van der Waals surface area (Å²) >= 11 is 3.32. The van der Waals surface area contributed by atoms with Crippen molar-refractivity contribution >= 4 is 26.8 Å². The molecule has 2 aromatic rings. The number of hydrogen-bond donors (Lipinski definition) is 2. The van der Waals surface area contributed by atoms with Crippen LogP contribution < -0.4 is 10.3 Å². The fraction of sp³-hybridized carbons (Fsp3) is 0.250. The van der Waals surface area contributed by atoms with Crippen molar-refractivity contribution in [3.63, 3.8) is 0 Å². The summed E-state index contributed by atoms with van der Waals surface area (Å²) in [7, 11) is 0. The molecule has 17 heavy (non-hydrogen) atoms. The number of rotatable bonds is 3. The van der Waals surface area contributed by atoms with Crippen molar-refractivity contribution in [2.75, 3.05) is 6.61 Å². The van der Waals surface area contributed by atoms with Crippen LogP contribution in [-0.4, -0.2) is 16.7 Å². The average molecular weight is 298 g/mol. The molecule has 0 atom stereocenters. The van der Waals surface area contributed by atoms with Gasteiger partial charge in [0, 0.05) is 9.86 Å². The standard InChI is InChI=1S/C12H12BrNO3/c1-2-5-17-11-10(15)8-6-7(13)3-4-9(8)14-12(11)16/h3-4,6H,2,5H2,1H3,(H2,14,15,16). The molecule has 0 unspecified atom stereocenters. The van der Waals surface area contributed by atoms with E-state index in [9.17, 15) is 9.90 Å². The van der Waals surface area contributed by atoms with E-state index in [1.807, 2.05) is 6.92 Å². The van der Waals surface area contributed by atoms with Gasteiger partial charge in [-0.1, -0.05) is 22.9 Å². The van der Waals surface area contributed by atoms with Crippen molar-refractivity contribution < 1.29 is 9.84 Å². The number of fused-ring (bicyclic) bond motifs is 1. The van der Waals surface area contributed by atoms with E-state index in [1.54, 1.807) is 18.2 Å². The predicted molar refractivity (Wildman–Crippen MR) is 69.7 cm³/mol. The monoisotopic (exact) mass is 297 g/mol. The second-order valence-electron chi connectivity index (χ2n) is 3.67. The molecule has 4 nitrogen and oxygen atoms in total. The van der Waals surface area contributed by atoms with Crippen molar-refractivity contribution in [1.29, 1.82) is 0 Å². The van der Waals surface area contributed by atoms with Crippen LogP contribution in [0.3, 0.4) is 0 Å². The maximum atomic E-state index is 11.7. The van der Waals surface area contributed by atoms with Gasteiger partial charge in [0.25, 0.3) is 5.56 Å². The van der Waals surface area contributed by atoms with Crippen LogP contribution in [0.2, 0.25) is 0 Å². The SMILES string of the molecule is CCCOc1c(O)c2cc(Br)ccc2[nH]c1=O. The number of hydrogen-bond acceptors (Lipinski definition) is 3. The first-order valence-electron chi connectivity index (χ1n) is 5.30. The van der Waals surface area contributed by atoms with E-state index in [0.717, 1.165) is 10.9 Å². The molecule has 1 aromatic heterocycles. The number of halogens is 1. The van der Waals surface area contributed by atoms with Crippen molar-refractivity contribution in [2.45, 2.75) is 13.3 Å². The van der Waals surface area contributed by atoms with Gasteiger partial charge in [-0.3, -0.25) is 4.79 Å². The fourth-order valence-electron chi connectivity index (χ4n) is 1.57. The lowest BCUT2D eigenvalue weighted by Crippen LogP contribution is -2.12. The highest BCUT2D eigenvalue weighted by atomic mass is 79.9. The van der Waals surface area contributed by atoms with Crippen LogP contribution in [0.15, 0.2) is 27.5 Å². The zero-order valence-electron chi connectivity index (χ0n) is 9.29. The van der Waals surface area contributed by atoms with Crippen molar-refractivity contribution in [2.24, 2.45) is 0 Å². The fourth-order valence-corrected chi connectivity index (χ4v) is 1.93. The minimum absolute atomic E-state index is 0.0162. The van der Waals surface area contributed by atoms with Gasteiger partial charge in [-0.05, 0) is 24.6 Å². The number of aromatic nitrogens is 1. The van der Waals surface area contributed by atoms with Gasteiger partial charge in [0.15, 0.2) is 5.75 Å². The molecule has 0 fully saturated rings. The summed E-state index contributed by atoms with van der Waals surface area (Å²) in [5, 5.41) is 10.6. The Morgan fingerprint density at radius 2 is 2.24 bits per heavy atom. The van der Waals surface area contributed by atoms with E-state index in [2.05, 4.69) is 20.9 Å². The Kier molecular flexibility index (Phi) is 3.38. The normalized spacial score (nSPS) is 10.7. The second kappa shape index (κ2) is 4.79. The van der Waals surface area contributed by atoms with Gasteiger partial charge in [-0.25, -0.2) is 0 Å². The van der Waals surface area contributed by atoms with E-state index in [4.69, 9.17) is 4.74 Å². The molecule has 0 saturated carbocycles. The Balaban J connectivity index is 2.65. The average Bonchev–Trinajstić information content (AvgIpc) is 2.30. The molecule has 0 aliphatic heterocycles. The molecule has 0 saturated heterocycles. The van der Waals surface area contributed by atoms with Crippen molar-refractivity contribution in [1.82, 2.24) is 4.98 Å². The van der Waals surface area contributed by atoms with Crippen molar-refractivity contribution in [3.8, 4) is 11.5 Å². The highest BCUT2D eigenvalue weighted by Gasteiger charge is 2.12. The Morgan fingerprint density at radius 3 is 2.94 bits per heavy atom. The van der Waals surface area contributed by atoms with Crippen molar-refractivity contribution in [3.05, 3.63) is 33.0 Å². The second-order valence-corrected chi connectivity index (χ2v) is 4.59. The summed E-state index contributed by atoms with van der Waals surface area (Å²) in [5.41, 5.74) is 0.172. The zero-order valence-corrected chi connectivity index (χ0v) is 10.9. The quantitative estimate of drug-likeness (QED) is 0.916. The maximum absolute atomic E-state index is 11.7. The number of nitrogens with one attached hydrogen (secondary N) is 1. The molecule has 0 spiro atoms. The minimum atomic E-state index is -0.411. The van der Waals surface area contributed by atoms with Crippen LogP contribution in [0.25, 0.3) is 10.9 Å². The highest BCUT2D eigenvalue weighted by molar-refractivity contribution is 9.10. The molecule has 2 rings (SSSR count). The first-order valence-corrected chi connectivity index (χ1v) is 6.10. The van der Waals surface area contributed by atoms with Gasteiger partial charge in [-0.2, -0.15) is 0 Å². The zero-order chi connectivity index (χ0) is 12.4. The van der Waals surface area contributed by atoms with Crippen LogP contribution in [-0.2, 0) is 0 Å². The Morgan fingerprint density at radius 1 is 1.47 bits per heavy atom. The molecule has 0 aliphatic carbocycles. The third-order valence-electron chi connectivity index (χ3n) is 2.36. The molecule has 1 heterocycles. The van der Waals surface area contributed by atoms with Gasteiger partial charge < -0.3 is 14.8 Å². The number of aromatic hydroxyl groups is 1. The predicted octanol–water partition coefficient (Wildman–Crippen LogP) is 2.79. The van der Waals surface area contributed by atoms with Gasteiger partial charge in [0.05, 0.1) is 12.1 Å². The third kappa shape index (κ3) is 2.29. The number of aromatic amines is 1. The number of ether oxygens (including phenoxy) is 1. The largest absolute Gasteiger partial charge is 0.504 e. The molecule has 5 heteroatoms. The minimum Gasteiger partial charge on any atom is -0.504 e. The van der Waals surface area contributed by atoms with E-state index in [0.29, 0.717) is 17.5 Å². The first-order chi connectivity index (χ1) is 8.13. The maximum Gasteiger partial charge on any atom is 0.294 e. The van der Waals surface area contributed by atoms with Crippen LogP contribution in [0.1, 0.15) is 13.3 Å². The summed E-state index contributed by atoms with van der Waals surface area (Å²) in [6.45, 7) is 2.33. The molecule has 90 valence electrons. The van der Waals surface area contributed by atoms with E-state index < -0.39 is 5.56 Å². The van der Waals surface area contributed by atoms with Crippen LogP contribution in [0.4, 0.5) is 0 Å². The van der Waals surface area contributed by atoms with E-state index in [-0.39, 0.29) is 11.5 Å². The summed E-state index contributed by atoms with van der Waals surface area (Å²) in [5.74, 6) is -0.129. The first kappa shape index (κ1) is 12.0. The Bertz CT molecular complexity index is 606. The summed E-state index contributed by atoms with van der Waals surface area (Å²) in [6.07, 6.45) is 0.773. The summed E-state index contributed by atoms with van der Waals surface area (Å²) in [4.78, 5) is 14.4. The topological polar surface area (TPSA) is 62.3 Å². The molecular formula is C12H12BrNO3. The molecule has 0 amide bonds. The lowest BCUT2D eigenvalue weighted by atomic mass is 10.2. The summed E-state index contributed by atoms with van der Waals surface area (Å²) in [6, 6.07) is 5.26. The summed E-state index contributed by atoms with van der Waals surface area (Å²) < 4.78 is 6.08. The lowest BCUT2D eigenvalue weighted by molar-refractivity contribution is 0.296. The molecule has 0 radical (unpaired) electrons. The Hall–Kier alpha value is -1.49. The van der Waals surface area contributed by atoms with Gasteiger partial charge >= 0.3 is 0 Å². The number of H-pyrrole nitrogens is 1. The van der Waals surface area contributed by atoms with Gasteiger partial charge in [-0.15, -0.1) is 0 Å². The van der Waals surface area contributed by atoms with Gasteiger partial charge in [0.2, 0.25) is 5.75 Å². The third-order valence-corrected chi connectivity index (χ3v) is 2.85. The molecular weight excluding hydrogens is 286 g/mol. The smallest absolute Gasteiger partial charge is 0.294 e. The van der Waals surface area contributed by atoms with Crippen LogP contribution in [0, 0.1) is 0 Å². The molecule has 2 N–H and O–H groups in total. The number of pyridine rings is 1.